The van der Waals surface area contributed by atoms with E-state index in [9.17, 15) is 9.59 Å². The SMILES string of the molecule is COCCNC(=O)c1ccc(NC(=O)CC#N)c(C)c1. The summed E-state index contributed by atoms with van der Waals surface area (Å²) in [5.41, 5.74) is 1.87. The van der Waals surface area contributed by atoms with Crippen LogP contribution in [0.1, 0.15) is 22.3 Å². The van der Waals surface area contributed by atoms with Gasteiger partial charge in [0.2, 0.25) is 5.91 Å². The van der Waals surface area contributed by atoms with E-state index in [-0.39, 0.29) is 18.2 Å². The minimum absolute atomic E-state index is 0.194. The van der Waals surface area contributed by atoms with E-state index in [2.05, 4.69) is 10.6 Å². The zero-order chi connectivity index (χ0) is 15.0. The molecule has 0 aliphatic carbocycles. The third kappa shape index (κ3) is 4.71. The van der Waals surface area contributed by atoms with Crippen LogP contribution in [-0.2, 0) is 9.53 Å². The Kier molecular flexibility index (Phi) is 6.20. The second-order valence-corrected chi connectivity index (χ2v) is 4.16. The number of aryl methyl sites for hydroxylation is 1. The first kappa shape index (κ1) is 15.7. The molecule has 106 valence electrons. The molecule has 0 fully saturated rings. The molecule has 0 radical (unpaired) electrons. The number of nitrogens with zero attached hydrogens (tertiary/aromatic N) is 1. The summed E-state index contributed by atoms with van der Waals surface area (Å²) in [7, 11) is 1.56. The predicted octanol–water partition coefficient (Wildman–Crippen LogP) is 1.22. The Morgan fingerprint density at radius 2 is 2.15 bits per heavy atom. The Hall–Kier alpha value is -2.39. The van der Waals surface area contributed by atoms with Crippen LogP contribution in [0.25, 0.3) is 0 Å². The second-order valence-electron chi connectivity index (χ2n) is 4.16. The fourth-order valence-corrected chi connectivity index (χ4v) is 1.58. The van der Waals surface area contributed by atoms with E-state index in [1.165, 1.54) is 0 Å². The highest BCUT2D eigenvalue weighted by Crippen LogP contribution is 2.16. The van der Waals surface area contributed by atoms with Gasteiger partial charge >= 0.3 is 0 Å². The van der Waals surface area contributed by atoms with Gasteiger partial charge in [0, 0.05) is 24.9 Å². The molecule has 0 unspecified atom stereocenters. The van der Waals surface area contributed by atoms with E-state index in [0.29, 0.717) is 24.4 Å². The number of hydrogen-bond acceptors (Lipinski definition) is 4. The summed E-state index contributed by atoms with van der Waals surface area (Å²) in [4.78, 5) is 23.1. The summed E-state index contributed by atoms with van der Waals surface area (Å²) in [5.74, 6) is -0.562. The van der Waals surface area contributed by atoms with Crippen LogP contribution < -0.4 is 10.6 Å². The highest BCUT2D eigenvalue weighted by molar-refractivity contribution is 5.96. The van der Waals surface area contributed by atoms with Crippen molar-refractivity contribution >= 4 is 17.5 Å². The lowest BCUT2D eigenvalue weighted by Crippen LogP contribution is -2.27. The summed E-state index contributed by atoms with van der Waals surface area (Å²) < 4.78 is 4.85. The Morgan fingerprint density at radius 1 is 1.40 bits per heavy atom. The van der Waals surface area contributed by atoms with Crippen molar-refractivity contribution in [3.63, 3.8) is 0 Å². The van der Waals surface area contributed by atoms with Crippen molar-refractivity contribution in [3.8, 4) is 6.07 Å². The molecule has 20 heavy (non-hydrogen) atoms. The summed E-state index contributed by atoms with van der Waals surface area (Å²) >= 11 is 0. The van der Waals surface area contributed by atoms with Gasteiger partial charge in [-0.1, -0.05) is 0 Å². The first-order chi connectivity index (χ1) is 9.58. The smallest absolute Gasteiger partial charge is 0.251 e. The number of carbonyl (C=O) groups is 2. The van der Waals surface area contributed by atoms with Crippen LogP contribution in [0.4, 0.5) is 5.69 Å². The van der Waals surface area contributed by atoms with Crippen molar-refractivity contribution in [1.82, 2.24) is 5.32 Å². The minimum Gasteiger partial charge on any atom is -0.383 e. The number of anilines is 1. The normalized spacial score (nSPS) is 9.65. The average Bonchev–Trinajstić information content (AvgIpc) is 2.41. The van der Waals surface area contributed by atoms with E-state index >= 15 is 0 Å². The molecule has 0 saturated carbocycles. The number of hydrogen-bond donors (Lipinski definition) is 2. The van der Waals surface area contributed by atoms with Crippen molar-refractivity contribution in [1.29, 1.82) is 5.26 Å². The van der Waals surface area contributed by atoms with Crippen LogP contribution >= 0.6 is 0 Å². The van der Waals surface area contributed by atoms with E-state index in [4.69, 9.17) is 10.00 Å². The summed E-state index contributed by atoms with van der Waals surface area (Å²) in [6.45, 7) is 2.68. The van der Waals surface area contributed by atoms with E-state index < -0.39 is 0 Å². The van der Waals surface area contributed by atoms with Crippen LogP contribution in [0, 0.1) is 18.3 Å². The highest BCUT2D eigenvalue weighted by atomic mass is 16.5. The molecule has 0 saturated heterocycles. The molecule has 1 rings (SSSR count). The molecule has 0 heterocycles. The monoisotopic (exact) mass is 275 g/mol. The molecule has 6 heteroatoms. The number of nitriles is 1. The van der Waals surface area contributed by atoms with Crippen LogP contribution in [0.3, 0.4) is 0 Å². The van der Waals surface area contributed by atoms with E-state index in [1.54, 1.807) is 38.3 Å². The zero-order valence-corrected chi connectivity index (χ0v) is 11.5. The zero-order valence-electron chi connectivity index (χ0n) is 11.5. The molecule has 1 aromatic rings. The molecule has 6 nitrogen and oxygen atoms in total. The van der Waals surface area contributed by atoms with E-state index in [1.807, 2.05) is 0 Å². The summed E-state index contributed by atoms with van der Waals surface area (Å²) in [6, 6.07) is 6.73. The molecule has 0 bridgehead atoms. The van der Waals surface area contributed by atoms with Crippen LogP contribution in [0.2, 0.25) is 0 Å². The van der Waals surface area contributed by atoms with Gasteiger partial charge in [0.15, 0.2) is 0 Å². The molecular weight excluding hydrogens is 258 g/mol. The lowest BCUT2D eigenvalue weighted by atomic mass is 10.1. The van der Waals surface area contributed by atoms with Crippen LogP contribution in [0.15, 0.2) is 18.2 Å². The van der Waals surface area contributed by atoms with Gasteiger partial charge in [0.05, 0.1) is 12.7 Å². The first-order valence-electron chi connectivity index (χ1n) is 6.13. The van der Waals surface area contributed by atoms with Crippen molar-refractivity contribution in [3.05, 3.63) is 29.3 Å². The number of benzene rings is 1. The van der Waals surface area contributed by atoms with Gasteiger partial charge in [-0.2, -0.15) is 5.26 Å². The summed E-state index contributed by atoms with van der Waals surface area (Å²) in [6.07, 6.45) is -0.196. The van der Waals surface area contributed by atoms with Crippen molar-refractivity contribution in [2.24, 2.45) is 0 Å². The van der Waals surface area contributed by atoms with Gasteiger partial charge in [0.1, 0.15) is 6.42 Å². The van der Waals surface area contributed by atoms with Gasteiger partial charge in [-0.15, -0.1) is 0 Å². The lowest BCUT2D eigenvalue weighted by Gasteiger charge is -2.09. The lowest BCUT2D eigenvalue weighted by molar-refractivity contribution is -0.115. The topological polar surface area (TPSA) is 91.2 Å². The molecule has 1 aromatic carbocycles. The number of carbonyl (C=O) groups excluding carboxylic acids is 2. The Bertz CT molecular complexity index is 535. The molecule has 2 N–H and O–H groups in total. The van der Waals surface area contributed by atoms with Crippen molar-refractivity contribution < 1.29 is 14.3 Å². The second kappa shape index (κ2) is 7.92. The number of nitrogens with one attached hydrogen (secondary N) is 2. The van der Waals surface area contributed by atoms with Crippen molar-refractivity contribution in [2.75, 3.05) is 25.6 Å². The fourth-order valence-electron chi connectivity index (χ4n) is 1.58. The third-order valence-corrected chi connectivity index (χ3v) is 2.59. The Balaban J connectivity index is 2.70. The quantitative estimate of drug-likeness (QED) is 0.764. The molecule has 0 spiro atoms. The van der Waals surface area contributed by atoms with E-state index in [0.717, 1.165) is 5.56 Å². The maximum absolute atomic E-state index is 11.8. The molecule has 2 amide bonds. The van der Waals surface area contributed by atoms with Gasteiger partial charge < -0.3 is 15.4 Å². The number of methoxy groups -OCH3 is 1. The standard InChI is InChI=1S/C14H17N3O3/c1-10-9-11(14(19)16-7-8-20-2)3-4-12(10)17-13(18)5-6-15/h3-4,9H,5,7-8H2,1-2H3,(H,16,19)(H,17,18). The van der Waals surface area contributed by atoms with Crippen LogP contribution in [0.5, 0.6) is 0 Å². The third-order valence-electron chi connectivity index (χ3n) is 2.59. The number of rotatable bonds is 6. The minimum atomic E-state index is -0.368. The Morgan fingerprint density at radius 3 is 2.75 bits per heavy atom. The fraction of sp³-hybridized carbons (Fsp3) is 0.357. The predicted molar refractivity (Wildman–Crippen MR) is 74.2 cm³/mol. The molecule has 0 aliphatic heterocycles. The number of amides is 2. The van der Waals surface area contributed by atoms with Gasteiger partial charge in [-0.05, 0) is 30.7 Å². The molecular formula is C14H17N3O3. The van der Waals surface area contributed by atoms with Crippen LogP contribution in [-0.4, -0.2) is 32.1 Å². The van der Waals surface area contributed by atoms with Crippen molar-refractivity contribution in [2.45, 2.75) is 13.3 Å². The highest BCUT2D eigenvalue weighted by Gasteiger charge is 2.09. The average molecular weight is 275 g/mol. The molecule has 0 aromatic heterocycles. The maximum atomic E-state index is 11.8. The largest absolute Gasteiger partial charge is 0.383 e. The number of ether oxygens (including phenoxy) is 1. The molecule has 0 aliphatic rings. The maximum Gasteiger partial charge on any atom is 0.251 e. The molecule has 0 atom stereocenters. The van der Waals surface area contributed by atoms with Gasteiger partial charge in [-0.25, -0.2) is 0 Å². The Labute approximate surface area is 117 Å². The first-order valence-corrected chi connectivity index (χ1v) is 6.13. The van der Waals surface area contributed by atoms with Gasteiger partial charge in [-0.3, -0.25) is 9.59 Å². The van der Waals surface area contributed by atoms with Gasteiger partial charge in [0.25, 0.3) is 5.91 Å². The summed E-state index contributed by atoms with van der Waals surface area (Å²) in [5, 5.41) is 13.8.